The maximum Gasteiger partial charge on any atom is 0.289 e. The van der Waals surface area contributed by atoms with Crippen molar-refractivity contribution >= 4 is 56.5 Å². The first-order valence-corrected chi connectivity index (χ1v) is 23.2. The highest BCUT2D eigenvalue weighted by Gasteiger charge is 2.31. The van der Waals surface area contributed by atoms with Gasteiger partial charge in [0, 0.05) is 48.5 Å². The van der Waals surface area contributed by atoms with Crippen LogP contribution in [0, 0.1) is 32.1 Å². The number of anilines is 1. The third kappa shape index (κ3) is 14.3. The van der Waals surface area contributed by atoms with Gasteiger partial charge in [-0.3, -0.25) is 20.2 Å². The van der Waals surface area contributed by atoms with E-state index in [0.29, 0.717) is 11.7 Å². The number of para-hydroxylation sites is 3. The molecule has 3 aromatic rings. The third-order valence-electron chi connectivity index (χ3n) is 9.29. The standard InChI is InChI=1S/C12H16N2O4S.C12H18N2O2S.C6H4ClNO4S.C5H12N2/c1-13-7-6-10(8-13)9-19(17,18)12-5-3-2-4-11(12)14(15)16;1-14-7-6-10(8-14)9-17(15,16)12-5-3-2-4-11(12)13;7-13(11,12)6-4-2-1-3-5(6)8(9)10;1-7-3-2-5(6)4-7/h2-5,10H,6-9H2,1H3;2-5,10H,6-9,13H2,1H3;1-4H;5H,2-4,6H2,1H3. The lowest BCUT2D eigenvalue weighted by molar-refractivity contribution is -0.388. The molecule has 4 N–H and O–H groups in total. The number of nitrogens with two attached hydrogens (primary N) is 2. The Kier molecular flexibility index (Phi) is 17.1. The van der Waals surface area contributed by atoms with Crippen LogP contribution in [0.1, 0.15) is 19.3 Å². The second-order valence-electron chi connectivity index (χ2n) is 14.1. The fourth-order valence-electron chi connectivity index (χ4n) is 6.54. The Labute approximate surface area is 333 Å². The summed E-state index contributed by atoms with van der Waals surface area (Å²) in [5, 5.41) is 21.2. The number of sulfone groups is 2. The Morgan fingerprint density at radius 3 is 1.34 bits per heavy atom. The summed E-state index contributed by atoms with van der Waals surface area (Å²) in [6.45, 7) is 5.69. The molecule has 0 saturated carbocycles. The summed E-state index contributed by atoms with van der Waals surface area (Å²) < 4.78 is 70.7. The van der Waals surface area contributed by atoms with Crippen molar-refractivity contribution in [3.63, 3.8) is 0 Å². The minimum Gasteiger partial charge on any atom is -0.398 e. The van der Waals surface area contributed by atoms with Gasteiger partial charge in [-0.1, -0.05) is 36.4 Å². The van der Waals surface area contributed by atoms with E-state index in [4.69, 9.17) is 22.1 Å². The molecule has 310 valence electrons. The Bertz CT molecular complexity index is 2140. The zero-order valence-corrected chi connectivity index (χ0v) is 34.7. The number of halogens is 1. The van der Waals surface area contributed by atoms with Gasteiger partial charge in [-0.15, -0.1) is 0 Å². The Morgan fingerprint density at radius 1 is 0.625 bits per heavy atom. The lowest BCUT2D eigenvalue weighted by atomic mass is 10.2. The third-order valence-corrected chi connectivity index (χ3v) is 14.5. The predicted molar refractivity (Wildman–Crippen MR) is 215 cm³/mol. The van der Waals surface area contributed by atoms with Crippen LogP contribution in [0.4, 0.5) is 17.1 Å². The fourth-order valence-corrected chi connectivity index (χ4v) is 11.2. The highest BCUT2D eigenvalue weighted by atomic mass is 35.7. The lowest BCUT2D eigenvalue weighted by Crippen LogP contribution is -2.23. The van der Waals surface area contributed by atoms with Crippen LogP contribution in [-0.2, 0) is 28.7 Å². The molecular formula is C35H50ClN7O10S3. The zero-order valence-electron chi connectivity index (χ0n) is 31.5. The molecule has 3 aromatic carbocycles. The van der Waals surface area contributed by atoms with Gasteiger partial charge >= 0.3 is 0 Å². The molecule has 0 bridgehead atoms. The molecule has 3 atom stereocenters. The summed E-state index contributed by atoms with van der Waals surface area (Å²) in [7, 11) is 0.130. The van der Waals surface area contributed by atoms with Gasteiger partial charge in [0.25, 0.3) is 20.4 Å². The number of nitro benzene ring substituents is 2. The molecule has 0 aliphatic carbocycles. The maximum absolute atomic E-state index is 12.3. The number of hydrogen-bond donors (Lipinski definition) is 2. The Hall–Kier alpha value is -3.76. The molecule has 21 heteroatoms. The maximum atomic E-state index is 12.3. The molecular weight excluding hydrogens is 810 g/mol. The van der Waals surface area contributed by atoms with E-state index in [-0.39, 0.29) is 38.8 Å². The largest absolute Gasteiger partial charge is 0.398 e. The van der Waals surface area contributed by atoms with E-state index in [0.717, 1.165) is 57.7 Å². The molecule has 3 unspecified atom stereocenters. The highest BCUT2D eigenvalue weighted by molar-refractivity contribution is 8.13. The van der Waals surface area contributed by atoms with Crippen LogP contribution in [0.15, 0.2) is 87.5 Å². The average Bonchev–Trinajstić information content (AvgIpc) is 3.84. The molecule has 6 rings (SSSR count). The lowest BCUT2D eigenvalue weighted by Gasteiger charge is -2.12. The quantitative estimate of drug-likeness (QED) is 0.135. The van der Waals surface area contributed by atoms with Gasteiger partial charge in [0.1, 0.15) is 4.90 Å². The molecule has 0 amide bonds. The number of likely N-dealkylation sites (tertiary alicyclic amines) is 3. The van der Waals surface area contributed by atoms with Crippen molar-refractivity contribution < 1.29 is 35.1 Å². The van der Waals surface area contributed by atoms with Crippen LogP contribution in [0.5, 0.6) is 0 Å². The van der Waals surface area contributed by atoms with E-state index in [2.05, 4.69) is 21.7 Å². The van der Waals surface area contributed by atoms with E-state index >= 15 is 0 Å². The SMILES string of the molecule is CN1CCC(CS(=O)(=O)c2ccccc2N)C1.CN1CCC(CS(=O)(=O)c2ccccc2[N+](=O)[O-])C1.CN1CCC(N)C1.O=[N+]([O-])c1ccccc1S(=O)(=O)Cl. The molecule has 0 aromatic heterocycles. The molecule has 3 heterocycles. The Balaban J connectivity index is 0.000000210. The normalized spacial score (nSPS) is 20.5. The molecule has 3 aliphatic rings. The summed E-state index contributed by atoms with van der Waals surface area (Å²) in [6.07, 6.45) is 2.94. The first-order chi connectivity index (χ1) is 26.1. The first kappa shape index (κ1) is 46.6. The van der Waals surface area contributed by atoms with Gasteiger partial charge in [-0.2, -0.15) is 0 Å². The molecule has 56 heavy (non-hydrogen) atoms. The minimum absolute atomic E-state index is 0.0256. The van der Waals surface area contributed by atoms with Gasteiger partial charge in [0.05, 0.1) is 31.9 Å². The molecule has 3 saturated heterocycles. The van der Waals surface area contributed by atoms with Gasteiger partial charge < -0.3 is 26.2 Å². The van der Waals surface area contributed by atoms with Crippen LogP contribution < -0.4 is 11.5 Å². The number of nitro groups is 2. The van der Waals surface area contributed by atoms with Crippen molar-refractivity contribution in [2.24, 2.45) is 17.6 Å². The highest BCUT2D eigenvalue weighted by Crippen LogP contribution is 2.28. The van der Waals surface area contributed by atoms with Crippen LogP contribution in [0.25, 0.3) is 0 Å². The van der Waals surface area contributed by atoms with Crippen LogP contribution >= 0.6 is 10.7 Å². The second kappa shape index (κ2) is 20.6. The molecule has 0 spiro atoms. The van der Waals surface area contributed by atoms with Gasteiger partial charge in [0.2, 0.25) is 0 Å². The van der Waals surface area contributed by atoms with Gasteiger partial charge in [-0.25, -0.2) is 25.3 Å². The summed E-state index contributed by atoms with van der Waals surface area (Å²) in [5.74, 6) is 0.452. The summed E-state index contributed by atoms with van der Waals surface area (Å²) in [6, 6.07) is 17.5. The van der Waals surface area contributed by atoms with Crippen molar-refractivity contribution in [2.75, 3.05) is 77.7 Å². The average molecular weight is 860 g/mol. The zero-order chi connectivity index (χ0) is 41.8. The predicted octanol–water partition coefficient (Wildman–Crippen LogP) is 3.49. The van der Waals surface area contributed by atoms with Crippen molar-refractivity contribution in [1.82, 2.24) is 14.7 Å². The van der Waals surface area contributed by atoms with E-state index in [9.17, 15) is 45.5 Å². The number of rotatable bonds is 9. The fraction of sp³-hybridized carbons (Fsp3) is 0.486. The van der Waals surface area contributed by atoms with E-state index in [1.807, 2.05) is 14.1 Å². The van der Waals surface area contributed by atoms with Crippen molar-refractivity contribution in [3.8, 4) is 0 Å². The molecule has 17 nitrogen and oxygen atoms in total. The monoisotopic (exact) mass is 859 g/mol. The van der Waals surface area contributed by atoms with Crippen molar-refractivity contribution in [2.45, 2.75) is 40.0 Å². The van der Waals surface area contributed by atoms with E-state index in [1.165, 1.54) is 49.4 Å². The van der Waals surface area contributed by atoms with Crippen molar-refractivity contribution in [3.05, 3.63) is 93.0 Å². The molecule has 3 fully saturated rings. The number of benzene rings is 3. The first-order valence-electron chi connectivity index (χ1n) is 17.6. The van der Waals surface area contributed by atoms with Gasteiger partial charge in [-0.05, 0) is 96.1 Å². The van der Waals surface area contributed by atoms with Crippen LogP contribution in [-0.4, -0.2) is 128 Å². The summed E-state index contributed by atoms with van der Waals surface area (Å²) >= 11 is 0. The smallest absolute Gasteiger partial charge is 0.289 e. The van der Waals surface area contributed by atoms with E-state index in [1.54, 1.807) is 24.3 Å². The topological polar surface area (TPSA) is 250 Å². The summed E-state index contributed by atoms with van der Waals surface area (Å²) in [5.41, 5.74) is 10.8. The number of nitrogens with zero attached hydrogens (tertiary/aromatic N) is 5. The van der Waals surface area contributed by atoms with Gasteiger partial charge in [0.15, 0.2) is 24.6 Å². The Morgan fingerprint density at radius 2 is 1.00 bits per heavy atom. The van der Waals surface area contributed by atoms with Crippen LogP contribution in [0.2, 0.25) is 0 Å². The second-order valence-corrected chi connectivity index (χ2v) is 20.7. The summed E-state index contributed by atoms with van der Waals surface area (Å²) in [4.78, 5) is 25.9. The van der Waals surface area contributed by atoms with Crippen LogP contribution in [0.3, 0.4) is 0 Å². The molecule has 3 aliphatic heterocycles. The number of nitrogen functional groups attached to an aromatic ring is 1. The van der Waals surface area contributed by atoms with Crippen molar-refractivity contribution in [1.29, 1.82) is 0 Å². The molecule has 0 radical (unpaired) electrons. The number of likely N-dealkylation sites (N-methyl/N-ethyl adjacent to an activating group) is 1. The number of hydrogen-bond acceptors (Lipinski definition) is 15. The van der Waals surface area contributed by atoms with E-state index < -0.39 is 49.2 Å². The minimum atomic E-state index is -4.05.